The number of hydrogen-bond acceptors (Lipinski definition) is 3. The summed E-state index contributed by atoms with van der Waals surface area (Å²) in [5.74, 6) is 0.0840. The van der Waals surface area contributed by atoms with E-state index in [1.165, 1.54) is 0 Å². The minimum Gasteiger partial charge on any atom is -0.390 e. The van der Waals surface area contributed by atoms with Crippen LogP contribution in [0.25, 0.3) is 0 Å². The van der Waals surface area contributed by atoms with Gasteiger partial charge >= 0.3 is 0 Å². The zero-order chi connectivity index (χ0) is 15.7. The molecule has 0 atom stereocenters. The van der Waals surface area contributed by atoms with Crippen LogP contribution in [0.4, 0.5) is 0 Å². The fourth-order valence-electron chi connectivity index (χ4n) is 3.66. The van der Waals surface area contributed by atoms with Gasteiger partial charge in [0, 0.05) is 31.1 Å². The summed E-state index contributed by atoms with van der Waals surface area (Å²) in [4.78, 5) is 26.1. The molecule has 0 bridgehead atoms. The number of rotatable bonds is 4. The van der Waals surface area contributed by atoms with Crippen molar-refractivity contribution in [2.75, 3.05) is 13.6 Å². The first-order valence-electron chi connectivity index (χ1n) is 8.13. The molecule has 118 valence electrons. The SMILES string of the molecule is CN(CCC1(O)CCCC1)C(=O)c1cccc2c1CCC2=O. The fraction of sp³-hybridized carbons (Fsp3) is 0.556. The quantitative estimate of drug-likeness (QED) is 0.930. The van der Waals surface area contributed by atoms with Crippen LogP contribution in [0, 0.1) is 0 Å². The number of Topliss-reactive ketones (excluding diaryl/α,β-unsaturated/α-hetero) is 1. The van der Waals surface area contributed by atoms with Crippen molar-refractivity contribution in [1.82, 2.24) is 4.90 Å². The highest BCUT2D eigenvalue weighted by Gasteiger charge is 2.32. The van der Waals surface area contributed by atoms with E-state index >= 15 is 0 Å². The Labute approximate surface area is 131 Å². The summed E-state index contributed by atoms with van der Waals surface area (Å²) in [7, 11) is 1.77. The van der Waals surface area contributed by atoms with E-state index in [9.17, 15) is 14.7 Å². The summed E-state index contributed by atoms with van der Waals surface area (Å²) in [5, 5.41) is 10.4. The number of hydrogen-bond donors (Lipinski definition) is 1. The van der Waals surface area contributed by atoms with E-state index in [2.05, 4.69) is 0 Å². The van der Waals surface area contributed by atoms with Crippen LogP contribution in [0.2, 0.25) is 0 Å². The van der Waals surface area contributed by atoms with Crippen molar-refractivity contribution < 1.29 is 14.7 Å². The number of nitrogens with zero attached hydrogens (tertiary/aromatic N) is 1. The first-order chi connectivity index (χ1) is 10.5. The van der Waals surface area contributed by atoms with Crippen molar-refractivity contribution in [1.29, 1.82) is 0 Å². The molecule has 1 amide bonds. The maximum absolute atomic E-state index is 12.7. The van der Waals surface area contributed by atoms with Gasteiger partial charge in [0.2, 0.25) is 0 Å². The molecule has 0 saturated heterocycles. The minimum absolute atomic E-state index is 0.0480. The van der Waals surface area contributed by atoms with E-state index < -0.39 is 5.60 Å². The highest BCUT2D eigenvalue weighted by Crippen LogP contribution is 2.32. The van der Waals surface area contributed by atoms with Gasteiger partial charge in [-0.25, -0.2) is 0 Å². The predicted molar refractivity (Wildman–Crippen MR) is 84.1 cm³/mol. The molecule has 0 unspecified atom stereocenters. The van der Waals surface area contributed by atoms with Crippen LogP contribution < -0.4 is 0 Å². The van der Waals surface area contributed by atoms with E-state index in [-0.39, 0.29) is 11.7 Å². The summed E-state index contributed by atoms with van der Waals surface area (Å²) in [5.41, 5.74) is 1.64. The Hall–Kier alpha value is -1.68. The second-order valence-corrected chi connectivity index (χ2v) is 6.66. The first-order valence-corrected chi connectivity index (χ1v) is 8.13. The standard InChI is InChI=1S/C18H23NO3/c1-19(12-11-18(22)9-2-3-10-18)17(21)15-6-4-5-14-13(15)7-8-16(14)20/h4-6,22H,2-3,7-12H2,1H3. The van der Waals surface area contributed by atoms with E-state index in [1.807, 2.05) is 6.07 Å². The van der Waals surface area contributed by atoms with E-state index in [0.717, 1.165) is 31.2 Å². The van der Waals surface area contributed by atoms with Gasteiger partial charge in [0.25, 0.3) is 5.91 Å². The molecule has 0 heterocycles. The van der Waals surface area contributed by atoms with Crippen LogP contribution >= 0.6 is 0 Å². The maximum Gasteiger partial charge on any atom is 0.253 e. The summed E-state index contributed by atoms with van der Waals surface area (Å²) in [6.07, 6.45) is 5.61. The van der Waals surface area contributed by atoms with Crippen molar-refractivity contribution in [2.24, 2.45) is 0 Å². The summed E-state index contributed by atoms with van der Waals surface area (Å²) in [6.45, 7) is 0.549. The summed E-state index contributed by atoms with van der Waals surface area (Å²) < 4.78 is 0. The van der Waals surface area contributed by atoms with Crippen molar-refractivity contribution >= 4 is 11.7 Å². The number of aliphatic hydroxyl groups is 1. The van der Waals surface area contributed by atoms with Crippen LogP contribution in [-0.4, -0.2) is 40.9 Å². The topological polar surface area (TPSA) is 57.6 Å². The smallest absolute Gasteiger partial charge is 0.253 e. The Morgan fingerprint density at radius 1 is 1.27 bits per heavy atom. The molecule has 0 radical (unpaired) electrons. The second kappa shape index (κ2) is 5.84. The molecule has 1 aromatic rings. The molecule has 2 aliphatic rings. The molecule has 1 fully saturated rings. The average Bonchev–Trinajstić information content (AvgIpc) is 3.11. The Balaban J connectivity index is 1.70. The maximum atomic E-state index is 12.7. The Bertz CT molecular complexity index is 602. The Morgan fingerprint density at radius 3 is 2.73 bits per heavy atom. The minimum atomic E-state index is -0.594. The lowest BCUT2D eigenvalue weighted by Crippen LogP contribution is -2.34. The monoisotopic (exact) mass is 301 g/mol. The average molecular weight is 301 g/mol. The second-order valence-electron chi connectivity index (χ2n) is 6.66. The highest BCUT2D eigenvalue weighted by atomic mass is 16.3. The van der Waals surface area contributed by atoms with Crippen LogP contribution in [0.5, 0.6) is 0 Å². The zero-order valence-corrected chi connectivity index (χ0v) is 13.1. The van der Waals surface area contributed by atoms with Gasteiger partial charge in [-0.15, -0.1) is 0 Å². The van der Waals surface area contributed by atoms with Gasteiger partial charge in [0.05, 0.1) is 5.60 Å². The predicted octanol–water partition coefficient (Wildman–Crippen LogP) is 2.58. The molecule has 1 N–H and O–H groups in total. The number of benzene rings is 1. The van der Waals surface area contributed by atoms with E-state index in [0.29, 0.717) is 36.9 Å². The van der Waals surface area contributed by atoms with Crippen LogP contribution in [0.3, 0.4) is 0 Å². The van der Waals surface area contributed by atoms with Crippen molar-refractivity contribution in [2.45, 2.75) is 50.5 Å². The van der Waals surface area contributed by atoms with Gasteiger partial charge in [-0.2, -0.15) is 0 Å². The van der Waals surface area contributed by atoms with E-state index in [4.69, 9.17) is 0 Å². The normalized spacial score (nSPS) is 19.3. The van der Waals surface area contributed by atoms with Crippen molar-refractivity contribution in [3.05, 3.63) is 34.9 Å². The summed E-state index contributed by atoms with van der Waals surface area (Å²) >= 11 is 0. The first kappa shape index (κ1) is 15.2. The third kappa shape index (κ3) is 2.80. The van der Waals surface area contributed by atoms with Crippen molar-refractivity contribution in [3.8, 4) is 0 Å². The number of carbonyl (C=O) groups is 2. The molecule has 3 rings (SSSR count). The fourth-order valence-corrected chi connectivity index (χ4v) is 3.66. The molecule has 4 heteroatoms. The van der Waals surface area contributed by atoms with E-state index in [1.54, 1.807) is 24.1 Å². The van der Waals surface area contributed by atoms with Crippen LogP contribution in [-0.2, 0) is 6.42 Å². The van der Waals surface area contributed by atoms with Gasteiger partial charge in [-0.3, -0.25) is 9.59 Å². The van der Waals surface area contributed by atoms with Gasteiger partial charge in [-0.05, 0) is 37.3 Å². The molecular formula is C18H23NO3. The van der Waals surface area contributed by atoms with Gasteiger partial charge in [0.1, 0.15) is 0 Å². The lowest BCUT2D eigenvalue weighted by atomic mass is 9.97. The van der Waals surface area contributed by atoms with Gasteiger partial charge in [0.15, 0.2) is 5.78 Å². The molecule has 1 aromatic carbocycles. The molecule has 0 spiro atoms. The lowest BCUT2D eigenvalue weighted by molar-refractivity contribution is 0.0296. The summed E-state index contributed by atoms with van der Waals surface area (Å²) in [6, 6.07) is 5.40. The van der Waals surface area contributed by atoms with Gasteiger partial charge in [-0.1, -0.05) is 25.0 Å². The highest BCUT2D eigenvalue weighted by molar-refractivity contribution is 6.05. The van der Waals surface area contributed by atoms with Crippen LogP contribution in [0.15, 0.2) is 18.2 Å². The third-order valence-corrected chi connectivity index (χ3v) is 5.10. The van der Waals surface area contributed by atoms with Gasteiger partial charge < -0.3 is 10.0 Å². The molecule has 0 aromatic heterocycles. The Morgan fingerprint density at radius 2 is 2.00 bits per heavy atom. The molecule has 1 saturated carbocycles. The number of ketones is 1. The Kier molecular flexibility index (Phi) is 4.04. The molecular weight excluding hydrogens is 278 g/mol. The van der Waals surface area contributed by atoms with Crippen molar-refractivity contribution in [3.63, 3.8) is 0 Å². The lowest BCUT2D eigenvalue weighted by Gasteiger charge is -2.26. The largest absolute Gasteiger partial charge is 0.390 e. The number of fused-ring (bicyclic) bond motifs is 1. The molecule has 22 heavy (non-hydrogen) atoms. The zero-order valence-electron chi connectivity index (χ0n) is 13.1. The number of amides is 1. The molecule has 2 aliphatic carbocycles. The molecule has 0 aliphatic heterocycles. The molecule has 4 nitrogen and oxygen atoms in total. The number of carbonyl (C=O) groups excluding carboxylic acids is 2. The third-order valence-electron chi connectivity index (χ3n) is 5.10. The van der Waals surface area contributed by atoms with Crippen LogP contribution in [0.1, 0.15) is 64.8 Å².